The molecule has 2 heteroatoms. The van der Waals surface area contributed by atoms with E-state index >= 15 is 0 Å². The quantitative estimate of drug-likeness (QED) is 0.656. The number of hydrogen-bond donors (Lipinski definition) is 0. The minimum Gasteiger partial charge on any atom is -0.300 e. The van der Waals surface area contributed by atoms with Crippen molar-refractivity contribution >= 4 is 11.6 Å². The van der Waals surface area contributed by atoms with Gasteiger partial charge in [0.1, 0.15) is 11.6 Å². The molecule has 0 heterocycles. The number of allylic oxidation sites excluding steroid dienone is 2. The first-order valence-corrected chi connectivity index (χ1v) is 9.58. The van der Waals surface area contributed by atoms with Crippen LogP contribution in [0.25, 0.3) is 0 Å². The van der Waals surface area contributed by atoms with Gasteiger partial charge in [-0.25, -0.2) is 0 Å². The first kappa shape index (κ1) is 15.6. The summed E-state index contributed by atoms with van der Waals surface area (Å²) >= 11 is 0. The molecule has 4 rings (SSSR count). The summed E-state index contributed by atoms with van der Waals surface area (Å²) < 4.78 is 0. The van der Waals surface area contributed by atoms with Crippen molar-refractivity contribution < 1.29 is 9.59 Å². The van der Waals surface area contributed by atoms with Gasteiger partial charge in [-0.3, -0.25) is 9.59 Å². The molecule has 0 radical (unpaired) electrons. The predicted molar refractivity (Wildman–Crippen MR) is 90.9 cm³/mol. The number of ketones is 2. The van der Waals surface area contributed by atoms with E-state index in [9.17, 15) is 9.59 Å². The molecule has 0 aromatic rings. The van der Waals surface area contributed by atoms with Crippen LogP contribution in [0.3, 0.4) is 0 Å². The van der Waals surface area contributed by atoms with Crippen LogP contribution in [0.15, 0.2) is 11.6 Å². The predicted octanol–water partition coefficient (Wildman–Crippen LogP) is 4.72. The van der Waals surface area contributed by atoms with Crippen LogP contribution < -0.4 is 0 Å². The van der Waals surface area contributed by atoms with Crippen LogP contribution in [0.1, 0.15) is 72.1 Å². The smallest absolute Gasteiger partial charge is 0.136 e. The molecule has 126 valence electrons. The van der Waals surface area contributed by atoms with Crippen LogP contribution in [0.2, 0.25) is 0 Å². The summed E-state index contributed by atoms with van der Waals surface area (Å²) in [5, 5.41) is 0. The number of rotatable bonds is 1. The van der Waals surface area contributed by atoms with Crippen LogP contribution in [0, 0.1) is 34.5 Å². The van der Waals surface area contributed by atoms with Crippen molar-refractivity contribution in [2.45, 2.75) is 72.1 Å². The molecule has 0 aliphatic heterocycles. The molecule has 0 unspecified atom stereocenters. The molecule has 0 N–H and O–H groups in total. The van der Waals surface area contributed by atoms with Crippen LogP contribution in [-0.4, -0.2) is 11.6 Å². The molecule has 0 bridgehead atoms. The summed E-state index contributed by atoms with van der Waals surface area (Å²) in [6, 6.07) is 0. The van der Waals surface area contributed by atoms with Gasteiger partial charge in [0.05, 0.1) is 0 Å². The van der Waals surface area contributed by atoms with E-state index in [2.05, 4.69) is 19.9 Å². The Bertz CT molecular complexity index is 589. The Labute approximate surface area is 140 Å². The lowest BCUT2D eigenvalue weighted by atomic mass is 9.47. The van der Waals surface area contributed by atoms with Crippen molar-refractivity contribution in [2.24, 2.45) is 34.5 Å². The summed E-state index contributed by atoms with van der Waals surface area (Å²) in [7, 11) is 0. The molecule has 4 aliphatic rings. The highest BCUT2D eigenvalue weighted by atomic mass is 16.1. The second-order valence-corrected chi connectivity index (χ2v) is 9.26. The normalized spacial score (nSPS) is 49.0. The van der Waals surface area contributed by atoms with Gasteiger partial charge in [-0.15, -0.1) is 0 Å². The number of hydrogen-bond acceptors (Lipinski definition) is 2. The lowest BCUT2D eigenvalue weighted by Crippen LogP contribution is -2.50. The van der Waals surface area contributed by atoms with E-state index in [1.54, 1.807) is 6.92 Å². The monoisotopic (exact) mass is 314 g/mol. The maximum atomic E-state index is 12.1. The van der Waals surface area contributed by atoms with Crippen molar-refractivity contribution in [3.8, 4) is 0 Å². The average molecular weight is 314 g/mol. The lowest BCUT2D eigenvalue weighted by Gasteiger charge is -2.57. The molecular weight excluding hydrogens is 284 g/mol. The highest BCUT2D eigenvalue weighted by Gasteiger charge is 2.59. The molecule has 3 fully saturated rings. The van der Waals surface area contributed by atoms with Gasteiger partial charge in [-0.1, -0.05) is 25.5 Å². The highest BCUT2D eigenvalue weighted by molar-refractivity contribution is 5.82. The van der Waals surface area contributed by atoms with Crippen molar-refractivity contribution in [3.05, 3.63) is 11.6 Å². The molecule has 2 nitrogen and oxygen atoms in total. The summed E-state index contributed by atoms with van der Waals surface area (Å²) in [6.07, 6.45) is 10.9. The number of carbonyl (C=O) groups excluding carboxylic acids is 2. The van der Waals surface area contributed by atoms with Crippen molar-refractivity contribution in [1.29, 1.82) is 0 Å². The molecule has 23 heavy (non-hydrogen) atoms. The van der Waals surface area contributed by atoms with Crippen LogP contribution >= 0.6 is 0 Å². The van der Waals surface area contributed by atoms with Gasteiger partial charge in [-0.05, 0) is 74.0 Å². The van der Waals surface area contributed by atoms with Crippen molar-refractivity contribution in [3.63, 3.8) is 0 Å². The van der Waals surface area contributed by atoms with Crippen molar-refractivity contribution in [2.75, 3.05) is 0 Å². The Morgan fingerprint density at radius 3 is 2.65 bits per heavy atom. The lowest BCUT2D eigenvalue weighted by molar-refractivity contribution is -0.129. The SMILES string of the molecule is CC(=O)[C@H]1CC[C@H]2[C@@H]3CC=C4CC(=O)CC[C@]4(C)[C@H]3CC[C@]12C. The molecule has 3 saturated carbocycles. The van der Waals surface area contributed by atoms with Gasteiger partial charge in [-0.2, -0.15) is 0 Å². The van der Waals surface area contributed by atoms with E-state index in [0.29, 0.717) is 29.8 Å². The van der Waals surface area contributed by atoms with Crippen LogP contribution in [0.4, 0.5) is 0 Å². The fourth-order valence-corrected chi connectivity index (χ4v) is 7.14. The molecule has 4 aliphatic carbocycles. The van der Waals surface area contributed by atoms with E-state index in [-0.39, 0.29) is 10.8 Å². The Kier molecular flexibility index (Phi) is 3.42. The van der Waals surface area contributed by atoms with Crippen molar-refractivity contribution in [1.82, 2.24) is 0 Å². The average Bonchev–Trinajstić information content (AvgIpc) is 2.85. The van der Waals surface area contributed by atoms with Crippen LogP contribution in [-0.2, 0) is 9.59 Å². The Hall–Kier alpha value is -0.920. The summed E-state index contributed by atoms with van der Waals surface area (Å²) in [6.45, 7) is 6.64. The maximum Gasteiger partial charge on any atom is 0.136 e. The molecule has 6 atom stereocenters. The molecule has 0 amide bonds. The Morgan fingerprint density at radius 1 is 1.13 bits per heavy atom. The topological polar surface area (TPSA) is 34.1 Å². The third-order valence-corrected chi connectivity index (χ3v) is 8.43. The van der Waals surface area contributed by atoms with E-state index in [1.165, 1.54) is 24.8 Å². The van der Waals surface area contributed by atoms with E-state index in [4.69, 9.17) is 0 Å². The Morgan fingerprint density at radius 2 is 1.91 bits per heavy atom. The van der Waals surface area contributed by atoms with Gasteiger partial charge < -0.3 is 0 Å². The number of carbonyl (C=O) groups is 2. The molecule has 0 aromatic heterocycles. The second kappa shape index (κ2) is 5.04. The van der Waals surface area contributed by atoms with Gasteiger partial charge in [0, 0.05) is 18.8 Å². The summed E-state index contributed by atoms with van der Waals surface area (Å²) in [4.78, 5) is 24.0. The number of fused-ring (bicyclic) bond motifs is 5. The zero-order chi connectivity index (χ0) is 16.4. The van der Waals surface area contributed by atoms with Gasteiger partial charge in [0.25, 0.3) is 0 Å². The van der Waals surface area contributed by atoms with E-state index in [0.717, 1.165) is 37.5 Å². The number of Topliss-reactive ketones (excluding diaryl/α,β-unsaturated/α-hetero) is 2. The minimum atomic E-state index is 0.235. The van der Waals surface area contributed by atoms with Gasteiger partial charge >= 0.3 is 0 Å². The highest BCUT2D eigenvalue weighted by Crippen LogP contribution is 2.66. The summed E-state index contributed by atoms with van der Waals surface area (Å²) in [5.41, 5.74) is 1.94. The zero-order valence-electron chi connectivity index (χ0n) is 14.9. The first-order chi connectivity index (χ1) is 10.9. The first-order valence-electron chi connectivity index (χ1n) is 9.58. The largest absolute Gasteiger partial charge is 0.300 e. The molecular formula is C21H30O2. The second-order valence-electron chi connectivity index (χ2n) is 9.26. The molecule has 0 spiro atoms. The summed E-state index contributed by atoms with van der Waals surface area (Å²) in [5.74, 6) is 3.32. The van der Waals surface area contributed by atoms with E-state index < -0.39 is 0 Å². The van der Waals surface area contributed by atoms with Gasteiger partial charge in [0.15, 0.2) is 0 Å². The minimum absolute atomic E-state index is 0.235. The third-order valence-electron chi connectivity index (χ3n) is 8.43. The fourth-order valence-electron chi connectivity index (χ4n) is 7.14. The van der Waals surface area contributed by atoms with E-state index in [1.807, 2.05) is 0 Å². The van der Waals surface area contributed by atoms with Gasteiger partial charge in [0.2, 0.25) is 0 Å². The third kappa shape index (κ3) is 2.06. The zero-order valence-corrected chi connectivity index (χ0v) is 14.9. The molecule has 0 saturated heterocycles. The Balaban J connectivity index is 1.67. The fraction of sp³-hybridized carbons (Fsp3) is 0.810. The standard InChI is InChI=1S/C21H30O2/c1-13(22)17-6-7-18-16-5-4-14-12-15(23)8-10-20(14,2)19(16)9-11-21(17,18)3/h4,16-19H,5-12H2,1-3H3/t16-,17+,18-,19-,20-,21+/m0/s1. The van der Waals surface area contributed by atoms with Crippen LogP contribution in [0.5, 0.6) is 0 Å². The maximum absolute atomic E-state index is 12.1. The molecule has 0 aromatic carbocycles.